The molecule has 0 unspecified atom stereocenters. The molecule has 0 bridgehead atoms. The van der Waals surface area contributed by atoms with Crippen molar-refractivity contribution in [3.8, 4) is 0 Å². The first kappa shape index (κ1) is 21.2. The van der Waals surface area contributed by atoms with Gasteiger partial charge in [-0.3, -0.25) is 24.5 Å². The molecule has 32 heavy (non-hydrogen) atoms. The largest absolute Gasteiger partial charge is 0.334 e. The van der Waals surface area contributed by atoms with Crippen LogP contribution >= 0.6 is 0 Å². The molecule has 1 N–H and O–H groups in total. The molecule has 0 radical (unpaired) electrons. The van der Waals surface area contributed by atoms with Gasteiger partial charge in [0.2, 0.25) is 5.91 Å². The Bertz CT molecular complexity index is 1360. The molecule has 2 aromatic carbocycles. The molecule has 0 spiro atoms. The van der Waals surface area contributed by atoms with Crippen molar-refractivity contribution in [2.75, 3.05) is 0 Å². The summed E-state index contributed by atoms with van der Waals surface area (Å²) in [5.74, 6) is -0.113. The number of benzene rings is 2. The van der Waals surface area contributed by atoms with Crippen LogP contribution in [0.15, 0.2) is 82.6 Å². The van der Waals surface area contributed by atoms with Crippen molar-refractivity contribution in [3.63, 3.8) is 0 Å². The number of nitrogens with zero attached hydrogens (tertiary/aromatic N) is 3. The zero-order chi connectivity index (χ0) is 22.5. The number of aromatic amines is 1. The molecule has 0 fully saturated rings. The van der Waals surface area contributed by atoms with Gasteiger partial charge < -0.3 is 4.90 Å². The van der Waals surface area contributed by atoms with Crippen molar-refractivity contribution < 1.29 is 4.79 Å². The molecule has 2 heterocycles. The minimum atomic E-state index is -0.347. The quantitative estimate of drug-likeness (QED) is 0.490. The van der Waals surface area contributed by atoms with Crippen molar-refractivity contribution in [2.24, 2.45) is 0 Å². The van der Waals surface area contributed by atoms with Crippen LogP contribution in [0.25, 0.3) is 10.8 Å². The first-order chi connectivity index (χ1) is 15.5. The van der Waals surface area contributed by atoms with E-state index in [9.17, 15) is 14.4 Å². The molecular weight excluding hydrogens is 404 g/mol. The maximum Gasteiger partial charge on any atom is 0.273 e. The van der Waals surface area contributed by atoms with Crippen LogP contribution < -0.4 is 11.1 Å². The Morgan fingerprint density at radius 1 is 0.969 bits per heavy atom. The zero-order valence-electron chi connectivity index (χ0n) is 17.8. The van der Waals surface area contributed by atoms with E-state index in [4.69, 9.17) is 0 Å². The number of aromatic nitrogens is 3. The number of fused-ring (bicyclic) bond motifs is 1. The number of aryl methyl sites for hydroxylation is 2. The number of carbonyl (C=O) groups is 1. The lowest BCUT2D eigenvalue weighted by atomic mass is 10.1. The summed E-state index contributed by atoms with van der Waals surface area (Å²) in [5, 5.41) is 3.28. The third-order valence-corrected chi connectivity index (χ3v) is 5.50. The molecular formula is C25H24N4O3. The summed E-state index contributed by atoms with van der Waals surface area (Å²) in [6, 6.07) is 18.4. The second kappa shape index (κ2) is 9.43. The minimum Gasteiger partial charge on any atom is -0.334 e. The number of rotatable bonds is 7. The van der Waals surface area contributed by atoms with Gasteiger partial charge in [0.1, 0.15) is 0 Å². The first-order valence-electron chi connectivity index (χ1n) is 10.5. The monoisotopic (exact) mass is 428 g/mol. The van der Waals surface area contributed by atoms with E-state index >= 15 is 0 Å². The van der Waals surface area contributed by atoms with Crippen molar-refractivity contribution in [2.45, 2.75) is 33.0 Å². The second-order valence-corrected chi connectivity index (χ2v) is 7.73. The maximum atomic E-state index is 13.2. The Balaban J connectivity index is 1.56. The molecule has 1 amide bonds. The van der Waals surface area contributed by atoms with Gasteiger partial charge in [0.15, 0.2) is 0 Å². The standard InChI is InChI=1S/C25H24N4O3/c1-18-7-2-3-9-20(18)17-28(16-19-8-6-13-26-15-19)23(30)12-14-29-25(32)22-11-5-4-10-21(22)24(31)27-29/h2-11,13,15H,12,14,16-17H2,1H3,(H,27,31). The number of amides is 1. The summed E-state index contributed by atoms with van der Waals surface area (Å²) < 4.78 is 1.22. The summed E-state index contributed by atoms with van der Waals surface area (Å²) in [7, 11) is 0. The number of hydrogen-bond donors (Lipinski definition) is 1. The second-order valence-electron chi connectivity index (χ2n) is 7.73. The maximum absolute atomic E-state index is 13.2. The highest BCUT2D eigenvalue weighted by molar-refractivity contribution is 5.80. The van der Waals surface area contributed by atoms with E-state index in [1.54, 1.807) is 41.6 Å². The third kappa shape index (κ3) is 4.67. The molecule has 0 aliphatic carbocycles. The smallest absolute Gasteiger partial charge is 0.273 e. The molecule has 0 aliphatic heterocycles. The predicted octanol–water partition coefficient (Wildman–Crippen LogP) is 3.01. The lowest BCUT2D eigenvalue weighted by Gasteiger charge is -2.24. The van der Waals surface area contributed by atoms with Crippen LogP contribution in [-0.4, -0.2) is 25.6 Å². The van der Waals surface area contributed by atoms with Crippen LogP contribution in [0.5, 0.6) is 0 Å². The SMILES string of the molecule is Cc1ccccc1CN(Cc1cccnc1)C(=O)CCn1[nH]c(=O)c2ccccc2c1=O. The third-order valence-electron chi connectivity index (χ3n) is 5.50. The van der Waals surface area contributed by atoms with Crippen LogP contribution in [0.2, 0.25) is 0 Å². The van der Waals surface area contributed by atoms with Gasteiger partial charge >= 0.3 is 0 Å². The molecule has 0 saturated carbocycles. The highest BCUT2D eigenvalue weighted by Gasteiger charge is 2.17. The van der Waals surface area contributed by atoms with Gasteiger partial charge in [-0.25, -0.2) is 4.68 Å². The van der Waals surface area contributed by atoms with E-state index < -0.39 is 0 Å². The van der Waals surface area contributed by atoms with Crippen molar-refractivity contribution in [1.82, 2.24) is 19.7 Å². The molecule has 7 heteroatoms. The molecule has 2 aromatic heterocycles. The molecule has 162 valence electrons. The van der Waals surface area contributed by atoms with Gasteiger partial charge in [-0.2, -0.15) is 0 Å². The Morgan fingerprint density at radius 3 is 2.47 bits per heavy atom. The van der Waals surface area contributed by atoms with E-state index in [-0.39, 0.29) is 30.0 Å². The zero-order valence-corrected chi connectivity index (χ0v) is 17.8. The van der Waals surface area contributed by atoms with Gasteiger partial charge in [0.25, 0.3) is 11.1 Å². The molecule has 0 saturated heterocycles. The van der Waals surface area contributed by atoms with E-state index in [2.05, 4.69) is 10.1 Å². The highest BCUT2D eigenvalue weighted by atomic mass is 16.2. The fourth-order valence-corrected chi connectivity index (χ4v) is 3.71. The average Bonchev–Trinajstić information content (AvgIpc) is 2.82. The van der Waals surface area contributed by atoms with Crippen molar-refractivity contribution in [1.29, 1.82) is 0 Å². The Morgan fingerprint density at radius 2 is 1.72 bits per heavy atom. The van der Waals surface area contributed by atoms with Crippen LogP contribution in [0.4, 0.5) is 0 Å². The lowest BCUT2D eigenvalue weighted by molar-refractivity contribution is -0.132. The van der Waals surface area contributed by atoms with Crippen molar-refractivity contribution in [3.05, 3.63) is 110 Å². The Labute approximate surface area is 184 Å². The average molecular weight is 428 g/mol. The normalized spacial score (nSPS) is 10.9. The summed E-state index contributed by atoms with van der Waals surface area (Å²) in [5.41, 5.74) is 2.42. The van der Waals surface area contributed by atoms with Gasteiger partial charge in [-0.15, -0.1) is 0 Å². The summed E-state index contributed by atoms with van der Waals surface area (Å²) in [6.07, 6.45) is 3.52. The molecule has 4 rings (SSSR count). The molecule has 4 aromatic rings. The van der Waals surface area contributed by atoms with Gasteiger partial charge in [-0.1, -0.05) is 42.5 Å². The summed E-state index contributed by atoms with van der Waals surface area (Å²) >= 11 is 0. The van der Waals surface area contributed by atoms with E-state index in [1.807, 2.05) is 43.3 Å². The minimum absolute atomic E-state index is 0.0837. The fourth-order valence-electron chi connectivity index (χ4n) is 3.71. The Hall–Kier alpha value is -4.00. The molecule has 7 nitrogen and oxygen atoms in total. The topological polar surface area (TPSA) is 88.1 Å². The number of pyridine rings is 1. The number of nitrogens with one attached hydrogen (secondary N) is 1. The predicted molar refractivity (Wildman–Crippen MR) is 123 cm³/mol. The highest BCUT2D eigenvalue weighted by Crippen LogP contribution is 2.14. The first-order valence-corrected chi connectivity index (χ1v) is 10.5. The molecule has 0 atom stereocenters. The van der Waals surface area contributed by atoms with Crippen LogP contribution in [0.3, 0.4) is 0 Å². The van der Waals surface area contributed by atoms with Crippen LogP contribution in [-0.2, 0) is 24.4 Å². The van der Waals surface area contributed by atoms with Crippen LogP contribution in [0.1, 0.15) is 23.1 Å². The van der Waals surface area contributed by atoms with E-state index in [0.717, 1.165) is 16.7 Å². The van der Waals surface area contributed by atoms with Gasteiger partial charge in [0, 0.05) is 31.9 Å². The van der Waals surface area contributed by atoms with Crippen LogP contribution in [0, 0.1) is 6.92 Å². The van der Waals surface area contributed by atoms with Gasteiger partial charge in [-0.05, 0) is 41.8 Å². The van der Waals surface area contributed by atoms with E-state index in [1.165, 1.54) is 4.68 Å². The Kier molecular flexibility index (Phi) is 6.26. The lowest BCUT2D eigenvalue weighted by Crippen LogP contribution is -2.34. The molecule has 0 aliphatic rings. The van der Waals surface area contributed by atoms with Gasteiger partial charge in [0.05, 0.1) is 17.3 Å². The number of carbonyl (C=O) groups excluding carboxylic acids is 1. The summed E-state index contributed by atoms with van der Waals surface area (Å²) in [4.78, 5) is 44.2. The fraction of sp³-hybridized carbons (Fsp3) is 0.200. The number of H-pyrrole nitrogens is 1. The number of hydrogen-bond acceptors (Lipinski definition) is 4. The van der Waals surface area contributed by atoms with Crippen molar-refractivity contribution >= 4 is 16.7 Å². The van der Waals surface area contributed by atoms with E-state index in [0.29, 0.717) is 23.9 Å². The summed E-state index contributed by atoms with van der Waals surface area (Å²) in [6.45, 7) is 2.96.